The number of anilines is 1. The van der Waals surface area contributed by atoms with Crippen LogP contribution in [0.4, 0.5) is 5.69 Å². The predicted molar refractivity (Wildman–Crippen MR) is 96.0 cm³/mol. The minimum Gasteiger partial charge on any atom is -0.469 e. The van der Waals surface area contributed by atoms with Crippen LogP contribution in [0.2, 0.25) is 0 Å². The van der Waals surface area contributed by atoms with Gasteiger partial charge in [0.25, 0.3) is 0 Å². The minimum absolute atomic E-state index is 0.130. The van der Waals surface area contributed by atoms with Gasteiger partial charge in [-0.3, -0.25) is 9.59 Å². The second kappa shape index (κ2) is 8.20. The number of methoxy groups -OCH3 is 1. The van der Waals surface area contributed by atoms with E-state index < -0.39 is 10.0 Å². The Balaban J connectivity index is 2.22. The van der Waals surface area contributed by atoms with Crippen molar-refractivity contribution in [3.63, 3.8) is 0 Å². The maximum atomic E-state index is 12.9. The lowest BCUT2D eigenvalue weighted by Crippen LogP contribution is -2.40. The highest BCUT2D eigenvalue weighted by Gasteiger charge is 2.32. The Morgan fingerprint density at radius 1 is 1.28 bits per heavy atom. The number of carbonyl (C=O) groups is 2. The monoisotopic (exact) mass is 386 g/mol. The van der Waals surface area contributed by atoms with Gasteiger partial charge in [0.15, 0.2) is 0 Å². The van der Waals surface area contributed by atoms with E-state index in [0.29, 0.717) is 18.5 Å². The van der Waals surface area contributed by atoms with E-state index in [4.69, 9.17) is 4.74 Å². The molecule has 0 unspecified atom stereocenters. The van der Waals surface area contributed by atoms with Crippen molar-refractivity contribution in [1.29, 1.82) is 0 Å². The summed E-state index contributed by atoms with van der Waals surface area (Å²) in [5.41, 5.74) is 0.477. The molecule has 1 aromatic carbocycles. The van der Waals surface area contributed by atoms with Crippen LogP contribution in [0.3, 0.4) is 0 Å². The number of sulfonamides is 1. The second-order valence-corrected chi connectivity index (χ2v) is 8.53. The average molecular weight is 386 g/mol. The van der Waals surface area contributed by atoms with Gasteiger partial charge in [-0.05, 0) is 37.3 Å². The molecule has 1 amide bonds. The van der Waals surface area contributed by atoms with Gasteiger partial charge >= 0.3 is 5.97 Å². The zero-order valence-electron chi connectivity index (χ0n) is 14.4. The first-order chi connectivity index (χ1) is 11.8. The number of piperidine rings is 1. The SMILES string of the molecule is COC(=O)C1CCN(S(=O)(=O)c2ccc(SC)c(NC(C)=O)c2)CC1. The molecule has 7 nitrogen and oxygen atoms in total. The molecule has 138 valence electrons. The molecule has 1 N–H and O–H groups in total. The number of hydrogen-bond donors (Lipinski definition) is 1. The number of esters is 1. The molecule has 1 aliphatic heterocycles. The summed E-state index contributed by atoms with van der Waals surface area (Å²) in [6.45, 7) is 1.91. The van der Waals surface area contributed by atoms with Gasteiger partial charge in [-0.1, -0.05) is 0 Å². The van der Waals surface area contributed by atoms with Crippen LogP contribution in [-0.2, 0) is 24.3 Å². The Kier molecular flexibility index (Phi) is 6.47. The molecule has 0 atom stereocenters. The number of benzene rings is 1. The number of amides is 1. The summed E-state index contributed by atoms with van der Waals surface area (Å²) in [5.74, 6) is -0.816. The lowest BCUT2D eigenvalue weighted by Gasteiger charge is -2.30. The molecular weight excluding hydrogens is 364 g/mol. The van der Waals surface area contributed by atoms with Crippen LogP contribution in [0.5, 0.6) is 0 Å². The fourth-order valence-electron chi connectivity index (χ4n) is 2.78. The zero-order chi connectivity index (χ0) is 18.6. The summed E-state index contributed by atoms with van der Waals surface area (Å²) < 4.78 is 31.8. The van der Waals surface area contributed by atoms with Gasteiger partial charge in [0.05, 0.1) is 23.6 Å². The number of hydrogen-bond acceptors (Lipinski definition) is 6. The summed E-state index contributed by atoms with van der Waals surface area (Å²) in [6, 6.07) is 4.71. The van der Waals surface area contributed by atoms with E-state index in [0.717, 1.165) is 4.90 Å². The van der Waals surface area contributed by atoms with Crippen molar-refractivity contribution < 1.29 is 22.7 Å². The molecule has 9 heteroatoms. The largest absolute Gasteiger partial charge is 0.469 e. The van der Waals surface area contributed by atoms with E-state index in [1.54, 1.807) is 12.1 Å². The Bertz CT molecular complexity index is 756. The van der Waals surface area contributed by atoms with Crippen molar-refractivity contribution in [3.05, 3.63) is 18.2 Å². The van der Waals surface area contributed by atoms with Crippen LogP contribution in [0, 0.1) is 5.92 Å². The van der Waals surface area contributed by atoms with Gasteiger partial charge in [-0.15, -0.1) is 11.8 Å². The Hall–Kier alpha value is -1.58. The lowest BCUT2D eigenvalue weighted by atomic mass is 9.99. The van der Waals surface area contributed by atoms with Crippen LogP contribution in [0.1, 0.15) is 19.8 Å². The van der Waals surface area contributed by atoms with E-state index in [9.17, 15) is 18.0 Å². The van der Waals surface area contributed by atoms with Crippen molar-refractivity contribution in [3.8, 4) is 0 Å². The first-order valence-corrected chi connectivity index (χ1v) is 10.5. The van der Waals surface area contributed by atoms with Crippen molar-refractivity contribution >= 4 is 39.3 Å². The molecule has 0 aliphatic carbocycles. The van der Waals surface area contributed by atoms with Gasteiger partial charge < -0.3 is 10.1 Å². The minimum atomic E-state index is -3.68. The Labute approximate surface area is 152 Å². The summed E-state index contributed by atoms with van der Waals surface area (Å²) in [5, 5.41) is 2.67. The summed E-state index contributed by atoms with van der Waals surface area (Å²) in [7, 11) is -2.34. The molecule has 0 bridgehead atoms. The van der Waals surface area contributed by atoms with E-state index in [1.807, 2.05) is 6.26 Å². The molecule has 1 aliphatic rings. The van der Waals surface area contributed by atoms with Crippen LogP contribution < -0.4 is 5.32 Å². The van der Waals surface area contributed by atoms with E-state index >= 15 is 0 Å². The molecule has 0 aromatic heterocycles. The van der Waals surface area contributed by atoms with E-state index in [-0.39, 0.29) is 35.8 Å². The Morgan fingerprint density at radius 3 is 2.44 bits per heavy atom. The smallest absolute Gasteiger partial charge is 0.308 e. The predicted octanol–water partition coefficient (Wildman–Crippen LogP) is 1.94. The van der Waals surface area contributed by atoms with Crippen molar-refractivity contribution in [2.24, 2.45) is 5.92 Å². The van der Waals surface area contributed by atoms with E-state index in [2.05, 4.69) is 5.32 Å². The normalized spacial score (nSPS) is 16.4. The van der Waals surface area contributed by atoms with Crippen LogP contribution in [0.25, 0.3) is 0 Å². The molecule has 1 aromatic rings. The number of nitrogens with one attached hydrogen (secondary N) is 1. The quantitative estimate of drug-likeness (QED) is 0.614. The molecule has 1 heterocycles. The van der Waals surface area contributed by atoms with Gasteiger partial charge in [0.2, 0.25) is 15.9 Å². The topological polar surface area (TPSA) is 92.8 Å². The fourth-order valence-corrected chi connectivity index (χ4v) is 4.81. The molecule has 25 heavy (non-hydrogen) atoms. The number of rotatable bonds is 5. The van der Waals surface area contributed by atoms with Gasteiger partial charge in [0, 0.05) is 24.9 Å². The van der Waals surface area contributed by atoms with Gasteiger partial charge in [-0.25, -0.2) is 8.42 Å². The van der Waals surface area contributed by atoms with Crippen LogP contribution in [-0.4, -0.2) is 51.1 Å². The van der Waals surface area contributed by atoms with Gasteiger partial charge in [-0.2, -0.15) is 4.31 Å². The third kappa shape index (κ3) is 4.53. The molecule has 0 saturated carbocycles. The second-order valence-electron chi connectivity index (χ2n) is 5.74. The lowest BCUT2D eigenvalue weighted by molar-refractivity contribution is -0.146. The maximum absolute atomic E-state index is 12.9. The highest BCUT2D eigenvalue weighted by atomic mass is 32.2. The third-order valence-electron chi connectivity index (χ3n) is 4.11. The first-order valence-electron chi connectivity index (χ1n) is 7.83. The summed E-state index contributed by atoms with van der Waals surface area (Å²) in [4.78, 5) is 23.8. The molecule has 1 saturated heterocycles. The number of thioether (sulfide) groups is 1. The molecule has 1 fully saturated rings. The highest BCUT2D eigenvalue weighted by molar-refractivity contribution is 7.98. The number of ether oxygens (including phenoxy) is 1. The van der Waals surface area contributed by atoms with Crippen LogP contribution in [0.15, 0.2) is 28.0 Å². The first kappa shape index (κ1) is 19.7. The zero-order valence-corrected chi connectivity index (χ0v) is 16.1. The molecule has 0 spiro atoms. The van der Waals surface area contributed by atoms with Crippen LogP contribution >= 0.6 is 11.8 Å². The molecular formula is C16H22N2O5S2. The standard InChI is InChI=1S/C16H22N2O5S2/c1-11(19)17-14-10-13(4-5-15(14)24-3)25(21,22)18-8-6-12(7-9-18)16(20)23-2/h4-5,10,12H,6-9H2,1-3H3,(H,17,19). The van der Waals surface area contributed by atoms with E-state index in [1.165, 1.54) is 36.2 Å². The van der Waals surface area contributed by atoms with Crippen molar-refractivity contribution in [2.75, 3.05) is 31.8 Å². The average Bonchev–Trinajstić information content (AvgIpc) is 2.60. The highest BCUT2D eigenvalue weighted by Crippen LogP contribution is 2.31. The molecule has 2 rings (SSSR count). The number of carbonyl (C=O) groups excluding carboxylic acids is 2. The third-order valence-corrected chi connectivity index (χ3v) is 6.80. The fraction of sp³-hybridized carbons (Fsp3) is 0.500. The summed E-state index contributed by atoms with van der Waals surface area (Å²) in [6.07, 6.45) is 2.73. The van der Waals surface area contributed by atoms with Gasteiger partial charge in [0.1, 0.15) is 0 Å². The molecule has 0 radical (unpaired) electrons. The van der Waals surface area contributed by atoms with Crippen molar-refractivity contribution in [1.82, 2.24) is 4.31 Å². The summed E-state index contributed by atoms with van der Waals surface area (Å²) >= 11 is 1.42. The maximum Gasteiger partial charge on any atom is 0.308 e. The van der Waals surface area contributed by atoms with Crippen molar-refractivity contribution in [2.45, 2.75) is 29.6 Å². The Morgan fingerprint density at radius 2 is 1.92 bits per heavy atom. The number of nitrogens with zero attached hydrogens (tertiary/aromatic N) is 1.